The maximum Gasteiger partial charge on any atom is 0.131 e. The fraction of sp³-hybridized carbons (Fsp3) is 0.692. The summed E-state index contributed by atoms with van der Waals surface area (Å²) in [5.74, 6) is 1.68. The molecule has 2 N–H and O–H groups in total. The SMILES string of the molecule is CCNc1cc(NCC2CN(CC)CCO2)ncn1. The number of aromatic nitrogens is 2. The van der Waals surface area contributed by atoms with Crippen molar-refractivity contribution in [2.45, 2.75) is 20.0 Å². The largest absolute Gasteiger partial charge is 0.374 e. The molecule has 1 aromatic rings. The number of likely N-dealkylation sites (N-methyl/N-ethyl adjacent to an activating group) is 1. The van der Waals surface area contributed by atoms with E-state index in [2.05, 4.69) is 32.4 Å². The lowest BCUT2D eigenvalue weighted by atomic mass is 10.2. The Morgan fingerprint density at radius 1 is 1.32 bits per heavy atom. The van der Waals surface area contributed by atoms with Crippen molar-refractivity contribution in [2.24, 2.45) is 0 Å². The normalized spacial score (nSPS) is 20.2. The highest BCUT2D eigenvalue weighted by Gasteiger charge is 2.18. The van der Waals surface area contributed by atoms with Gasteiger partial charge in [0.15, 0.2) is 0 Å². The van der Waals surface area contributed by atoms with Crippen LogP contribution in [-0.2, 0) is 4.74 Å². The van der Waals surface area contributed by atoms with Crippen LogP contribution in [0.2, 0.25) is 0 Å². The minimum atomic E-state index is 0.228. The van der Waals surface area contributed by atoms with Gasteiger partial charge in [0.25, 0.3) is 0 Å². The van der Waals surface area contributed by atoms with E-state index in [4.69, 9.17) is 4.74 Å². The van der Waals surface area contributed by atoms with Crippen LogP contribution in [0.25, 0.3) is 0 Å². The van der Waals surface area contributed by atoms with Crippen LogP contribution in [-0.4, -0.2) is 60.3 Å². The second-order valence-electron chi connectivity index (χ2n) is 4.59. The van der Waals surface area contributed by atoms with Crippen molar-refractivity contribution in [1.82, 2.24) is 14.9 Å². The molecule has 19 heavy (non-hydrogen) atoms. The summed E-state index contributed by atoms with van der Waals surface area (Å²) in [5, 5.41) is 6.49. The molecule has 1 atom stereocenters. The molecule has 0 saturated carbocycles. The van der Waals surface area contributed by atoms with Crippen molar-refractivity contribution < 1.29 is 4.74 Å². The van der Waals surface area contributed by atoms with E-state index in [0.717, 1.165) is 51.0 Å². The summed E-state index contributed by atoms with van der Waals surface area (Å²) in [4.78, 5) is 10.8. The smallest absolute Gasteiger partial charge is 0.131 e. The van der Waals surface area contributed by atoms with Gasteiger partial charge >= 0.3 is 0 Å². The molecule has 2 heterocycles. The maximum absolute atomic E-state index is 5.75. The molecule has 6 nitrogen and oxygen atoms in total. The summed E-state index contributed by atoms with van der Waals surface area (Å²) >= 11 is 0. The standard InChI is InChI=1S/C13H23N5O/c1-3-14-12-7-13(17-10-16-12)15-8-11-9-18(4-2)5-6-19-11/h7,10-11H,3-6,8-9H2,1-2H3,(H2,14,15,16,17). The maximum atomic E-state index is 5.75. The first-order valence-corrected chi connectivity index (χ1v) is 6.95. The third-order valence-electron chi connectivity index (χ3n) is 3.21. The lowest BCUT2D eigenvalue weighted by Gasteiger charge is -2.32. The first kappa shape index (κ1) is 14.0. The van der Waals surface area contributed by atoms with E-state index >= 15 is 0 Å². The van der Waals surface area contributed by atoms with E-state index in [1.54, 1.807) is 6.33 Å². The lowest BCUT2D eigenvalue weighted by Crippen LogP contribution is -2.45. The van der Waals surface area contributed by atoms with Crippen LogP contribution in [0.5, 0.6) is 0 Å². The Morgan fingerprint density at radius 3 is 2.84 bits per heavy atom. The fourth-order valence-corrected chi connectivity index (χ4v) is 2.14. The van der Waals surface area contributed by atoms with Crippen LogP contribution in [0.4, 0.5) is 11.6 Å². The average Bonchev–Trinajstić information content (AvgIpc) is 2.46. The number of ether oxygens (including phenoxy) is 1. The van der Waals surface area contributed by atoms with Gasteiger partial charge in [-0.05, 0) is 13.5 Å². The number of anilines is 2. The predicted octanol–water partition coefficient (Wildman–Crippen LogP) is 1.04. The number of rotatable bonds is 6. The van der Waals surface area contributed by atoms with Crippen LogP contribution in [0.1, 0.15) is 13.8 Å². The van der Waals surface area contributed by atoms with Gasteiger partial charge in [-0.25, -0.2) is 9.97 Å². The number of hydrogen-bond acceptors (Lipinski definition) is 6. The minimum absolute atomic E-state index is 0.228. The number of nitrogens with zero attached hydrogens (tertiary/aromatic N) is 3. The second kappa shape index (κ2) is 7.25. The molecule has 1 aliphatic heterocycles. The molecule has 0 spiro atoms. The second-order valence-corrected chi connectivity index (χ2v) is 4.59. The zero-order valence-corrected chi connectivity index (χ0v) is 11.7. The van der Waals surface area contributed by atoms with E-state index in [0.29, 0.717) is 0 Å². The quantitative estimate of drug-likeness (QED) is 0.801. The molecule has 0 bridgehead atoms. The Labute approximate surface area is 114 Å². The van der Waals surface area contributed by atoms with Crippen molar-refractivity contribution >= 4 is 11.6 Å². The molecular formula is C13H23N5O. The molecular weight excluding hydrogens is 242 g/mol. The summed E-state index contributed by atoms with van der Waals surface area (Å²) in [6.07, 6.45) is 1.80. The van der Waals surface area contributed by atoms with Gasteiger partial charge in [0.1, 0.15) is 18.0 Å². The molecule has 0 radical (unpaired) electrons. The Hall–Kier alpha value is -1.40. The van der Waals surface area contributed by atoms with Crippen molar-refractivity contribution in [3.8, 4) is 0 Å². The van der Waals surface area contributed by atoms with Crippen molar-refractivity contribution in [1.29, 1.82) is 0 Å². The third kappa shape index (κ3) is 4.33. The van der Waals surface area contributed by atoms with Gasteiger partial charge < -0.3 is 15.4 Å². The molecule has 1 aliphatic rings. The monoisotopic (exact) mass is 265 g/mol. The average molecular weight is 265 g/mol. The summed E-state index contributed by atoms with van der Waals surface area (Å²) in [7, 11) is 0. The summed E-state index contributed by atoms with van der Waals surface area (Å²) in [6.45, 7) is 9.77. The van der Waals surface area contributed by atoms with Crippen molar-refractivity contribution in [2.75, 3.05) is 50.0 Å². The Morgan fingerprint density at radius 2 is 2.11 bits per heavy atom. The molecule has 106 valence electrons. The van der Waals surface area contributed by atoms with Gasteiger partial charge in [-0.1, -0.05) is 6.92 Å². The summed E-state index contributed by atoms with van der Waals surface area (Å²) in [5.41, 5.74) is 0. The lowest BCUT2D eigenvalue weighted by molar-refractivity contribution is -0.0192. The molecule has 0 amide bonds. The van der Waals surface area contributed by atoms with E-state index in [1.807, 2.05) is 13.0 Å². The summed E-state index contributed by atoms with van der Waals surface area (Å²) < 4.78 is 5.75. The highest BCUT2D eigenvalue weighted by atomic mass is 16.5. The first-order chi connectivity index (χ1) is 9.31. The highest BCUT2D eigenvalue weighted by Crippen LogP contribution is 2.10. The molecule has 1 fully saturated rings. The van der Waals surface area contributed by atoms with Gasteiger partial charge in [0, 0.05) is 32.2 Å². The number of nitrogens with one attached hydrogen (secondary N) is 2. The fourth-order valence-electron chi connectivity index (χ4n) is 2.14. The molecule has 1 saturated heterocycles. The Kier molecular flexibility index (Phi) is 5.35. The van der Waals surface area contributed by atoms with E-state index < -0.39 is 0 Å². The van der Waals surface area contributed by atoms with Gasteiger partial charge in [-0.15, -0.1) is 0 Å². The first-order valence-electron chi connectivity index (χ1n) is 6.95. The zero-order chi connectivity index (χ0) is 13.5. The number of hydrogen-bond donors (Lipinski definition) is 2. The van der Waals surface area contributed by atoms with Gasteiger partial charge in [0.2, 0.25) is 0 Å². The van der Waals surface area contributed by atoms with Crippen molar-refractivity contribution in [3.05, 3.63) is 12.4 Å². The zero-order valence-electron chi connectivity index (χ0n) is 11.7. The molecule has 1 aromatic heterocycles. The number of morpholine rings is 1. The van der Waals surface area contributed by atoms with Crippen LogP contribution in [0.3, 0.4) is 0 Å². The van der Waals surface area contributed by atoms with Gasteiger partial charge in [-0.2, -0.15) is 0 Å². The van der Waals surface area contributed by atoms with Gasteiger partial charge in [-0.3, -0.25) is 4.90 Å². The predicted molar refractivity (Wildman–Crippen MR) is 76.5 cm³/mol. The molecule has 6 heteroatoms. The van der Waals surface area contributed by atoms with Gasteiger partial charge in [0.05, 0.1) is 12.7 Å². The third-order valence-corrected chi connectivity index (χ3v) is 3.21. The Bertz CT molecular complexity index is 387. The van der Waals surface area contributed by atoms with Crippen LogP contribution in [0.15, 0.2) is 12.4 Å². The van der Waals surface area contributed by atoms with E-state index in [9.17, 15) is 0 Å². The van der Waals surface area contributed by atoms with Crippen LogP contribution < -0.4 is 10.6 Å². The topological polar surface area (TPSA) is 62.3 Å². The van der Waals surface area contributed by atoms with E-state index in [1.165, 1.54) is 0 Å². The summed E-state index contributed by atoms with van der Waals surface area (Å²) in [6, 6.07) is 1.92. The molecule has 1 unspecified atom stereocenters. The minimum Gasteiger partial charge on any atom is -0.374 e. The van der Waals surface area contributed by atoms with Crippen molar-refractivity contribution in [3.63, 3.8) is 0 Å². The van der Waals surface area contributed by atoms with E-state index in [-0.39, 0.29) is 6.10 Å². The van der Waals surface area contributed by atoms with Crippen LogP contribution in [0, 0.1) is 0 Å². The highest BCUT2D eigenvalue weighted by molar-refractivity contribution is 5.46. The molecule has 2 rings (SSSR count). The molecule has 0 aliphatic carbocycles. The Balaban J connectivity index is 1.82. The van der Waals surface area contributed by atoms with Crippen LogP contribution >= 0.6 is 0 Å². The molecule has 0 aromatic carbocycles.